The highest BCUT2D eigenvalue weighted by molar-refractivity contribution is 7.13. The molecule has 0 N–H and O–H groups in total. The third-order valence-electron chi connectivity index (χ3n) is 3.20. The molecular formula is C15H12N2O4S. The minimum Gasteiger partial charge on any atom is -0.462 e. The van der Waals surface area contributed by atoms with Gasteiger partial charge in [0.15, 0.2) is 0 Å². The molecule has 1 aromatic carbocycles. The third kappa shape index (κ3) is 2.39. The van der Waals surface area contributed by atoms with E-state index < -0.39 is 5.97 Å². The molecule has 7 heteroatoms. The van der Waals surface area contributed by atoms with Crippen molar-refractivity contribution in [2.24, 2.45) is 0 Å². The Bertz CT molecular complexity index is 733. The van der Waals surface area contributed by atoms with Crippen LogP contribution in [0.4, 0.5) is 0 Å². The van der Waals surface area contributed by atoms with Gasteiger partial charge in [0.1, 0.15) is 9.88 Å². The monoisotopic (exact) mass is 316 g/mol. The molecule has 0 aliphatic carbocycles. The molecule has 1 aliphatic heterocycles. The summed E-state index contributed by atoms with van der Waals surface area (Å²) in [5.74, 6) is -1.13. The molecular weight excluding hydrogens is 304 g/mol. The normalized spacial score (nSPS) is 13.4. The number of rotatable bonds is 4. The molecule has 3 rings (SSSR count). The van der Waals surface area contributed by atoms with Crippen LogP contribution in [-0.2, 0) is 11.3 Å². The van der Waals surface area contributed by atoms with Gasteiger partial charge < -0.3 is 4.74 Å². The average molecular weight is 316 g/mol. The van der Waals surface area contributed by atoms with Crippen LogP contribution in [0.3, 0.4) is 0 Å². The summed E-state index contributed by atoms with van der Waals surface area (Å²) in [5.41, 5.74) is 0.796. The minimum absolute atomic E-state index is 0.0520. The van der Waals surface area contributed by atoms with E-state index in [1.807, 2.05) is 0 Å². The zero-order chi connectivity index (χ0) is 15.7. The fourth-order valence-electron chi connectivity index (χ4n) is 2.20. The Labute approximate surface area is 130 Å². The van der Waals surface area contributed by atoms with Crippen LogP contribution >= 0.6 is 11.3 Å². The second-order valence-electron chi connectivity index (χ2n) is 4.58. The minimum atomic E-state index is -0.450. The smallest absolute Gasteiger partial charge is 0.349 e. The highest BCUT2D eigenvalue weighted by Crippen LogP contribution is 2.25. The number of benzene rings is 1. The van der Waals surface area contributed by atoms with Crippen LogP contribution < -0.4 is 0 Å². The SMILES string of the molecule is CCOC(=O)c1cnc(CN2C(=O)c3ccccc3C2=O)s1. The number of hydrogen-bond donors (Lipinski definition) is 0. The van der Waals surface area contributed by atoms with E-state index in [4.69, 9.17) is 4.74 Å². The number of ether oxygens (including phenoxy) is 1. The standard InChI is InChI=1S/C15H12N2O4S/c1-2-21-15(20)11-7-16-12(22-11)8-17-13(18)9-5-3-4-6-10(9)14(17)19/h3-7H,2,8H2,1H3. The van der Waals surface area contributed by atoms with E-state index in [9.17, 15) is 14.4 Å². The van der Waals surface area contributed by atoms with E-state index in [-0.39, 0.29) is 25.0 Å². The summed E-state index contributed by atoms with van der Waals surface area (Å²) in [4.78, 5) is 41.7. The zero-order valence-corrected chi connectivity index (χ0v) is 12.6. The molecule has 2 amide bonds. The van der Waals surface area contributed by atoms with Gasteiger partial charge in [-0.15, -0.1) is 11.3 Å². The molecule has 2 heterocycles. The Kier molecular flexibility index (Phi) is 3.72. The van der Waals surface area contributed by atoms with Crippen LogP contribution in [0.15, 0.2) is 30.5 Å². The maximum absolute atomic E-state index is 12.2. The number of thiazole rings is 1. The predicted octanol–water partition coefficient (Wildman–Crippen LogP) is 2.12. The Morgan fingerprint density at radius 2 is 1.86 bits per heavy atom. The number of imide groups is 1. The van der Waals surface area contributed by atoms with Crippen molar-refractivity contribution in [3.63, 3.8) is 0 Å². The summed E-state index contributed by atoms with van der Waals surface area (Å²) < 4.78 is 4.89. The molecule has 6 nitrogen and oxygen atoms in total. The molecule has 0 spiro atoms. The van der Waals surface area contributed by atoms with Crippen molar-refractivity contribution in [2.75, 3.05) is 6.61 Å². The number of carbonyl (C=O) groups excluding carboxylic acids is 3. The molecule has 22 heavy (non-hydrogen) atoms. The number of nitrogens with zero attached hydrogens (tertiary/aromatic N) is 2. The van der Waals surface area contributed by atoms with E-state index in [0.717, 1.165) is 16.2 Å². The number of carbonyl (C=O) groups is 3. The van der Waals surface area contributed by atoms with Crippen molar-refractivity contribution >= 4 is 29.1 Å². The van der Waals surface area contributed by atoms with Crippen molar-refractivity contribution in [3.05, 3.63) is 51.5 Å². The molecule has 112 valence electrons. The number of hydrogen-bond acceptors (Lipinski definition) is 6. The molecule has 1 aliphatic rings. The largest absolute Gasteiger partial charge is 0.462 e. The molecule has 0 unspecified atom stereocenters. The summed E-state index contributed by atoms with van der Waals surface area (Å²) in [7, 11) is 0. The predicted molar refractivity (Wildman–Crippen MR) is 78.7 cm³/mol. The van der Waals surface area contributed by atoms with Gasteiger partial charge in [0, 0.05) is 0 Å². The summed E-state index contributed by atoms with van der Waals surface area (Å²) in [5, 5.41) is 0.512. The van der Waals surface area contributed by atoms with E-state index >= 15 is 0 Å². The average Bonchev–Trinajstić information content (AvgIpc) is 3.08. The lowest BCUT2D eigenvalue weighted by Crippen LogP contribution is -2.28. The lowest BCUT2D eigenvalue weighted by molar-refractivity contribution is 0.0530. The van der Waals surface area contributed by atoms with Gasteiger partial charge >= 0.3 is 5.97 Å². The van der Waals surface area contributed by atoms with Gasteiger partial charge in [-0.25, -0.2) is 9.78 Å². The van der Waals surface area contributed by atoms with Crippen LogP contribution in [0.5, 0.6) is 0 Å². The van der Waals surface area contributed by atoms with Crippen LogP contribution in [0.1, 0.15) is 42.3 Å². The maximum Gasteiger partial charge on any atom is 0.349 e. The topological polar surface area (TPSA) is 76.6 Å². The number of esters is 1. The Balaban J connectivity index is 1.79. The fourth-order valence-corrected chi connectivity index (χ4v) is 3.00. The molecule has 0 saturated carbocycles. The lowest BCUT2D eigenvalue weighted by atomic mass is 10.1. The third-order valence-corrected chi connectivity index (χ3v) is 4.16. The number of fused-ring (bicyclic) bond motifs is 1. The quantitative estimate of drug-likeness (QED) is 0.638. The van der Waals surface area contributed by atoms with Crippen LogP contribution in [0.25, 0.3) is 0 Å². The number of amides is 2. The highest BCUT2D eigenvalue weighted by atomic mass is 32.1. The molecule has 0 atom stereocenters. The van der Waals surface area contributed by atoms with Crippen molar-refractivity contribution in [3.8, 4) is 0 Å². The fraction of sp³-hybridized carbons (Fsp3) is 0.200. The first-order valence-corrected chi connectivity index (χ1v) is 7.50. The zero-order valence-electron chi connectivity index (χ0n) is 11.7. The van der Waals surface area contributed by atoms with E-state index in [1.165, 1.54) is 6.20 Å². The van der Waals surface area contributed by atoms with Crippen molar-refractivity contribution < 1.29 is 19.1 Å². The molecule has 0 radical (unpaired) electrons. The summed E-state index contributed by atoms with van der Waals surface area (Å²) in [6.45, 7) is 2.06. The first kappa shape index (κ1) is 14.4. The Morgan fingerprint density at radius 1 is 1.23 bits per heavy atom. The maximum atomic E-state index is 12.2. The van der Waals surface area contributed by atoms with Gasteiger partial charge in [-0.2, -0.15) is 0 Å². The second-order valence-corrected chi connectivity index (χ2v) is 5.70. The van der Waals surface area contributed by atoms with Gasteiger partial charge in [0.05, 0.1) is 30.5 Å². The summed E-state index contributed by atoms with van der Waals surface area (Å²) >= 11 is 1.12. The second kappa shape index (κ2) is 5.69. The molecule has 0 saturated heterocycles. The highest BCUT2D eigenvalue weighted by Gasteiger charge is 2.35. The first-order chi connectivity index (χ1) is 10.6. The van der Waals surface area contributed by atoms with E-state index in [1.54, 1.807) is 31.2 Å². The van der Waals surface area contributed by atoms with Crippen LogP contribution in [-0.4, -0.2) is 34.3 Å². The van der Waals surface area contributed by atoms with Crippen molar-refractivity contribution in [2.45, 2.75) is 13.5 Å². The van der Waals surface area contributed by atoms with Crippen LogP contribution in [0, 0.1) is 0 Å². The molecule has 0 bridgehead atoms. The Hall–Kier alpha value is -2.54. The number of aromatic nitrogens is 1. The van der Waals surface area contributed by atoms with Gasteiger partial charge in [-0.3, -0.25) is 14.5 Å². The van der Waals surface area contributed by atoms with Crippen molar-refractivity contribution in [1.29, 1.82) is 0 Å². The first-order valence-electron chi connectivity index (χ1n) is 6.69. The van der Waals surface area contributed by atoms with Gasteiger partial charge in [-0.1, -0.05) is 12.1 Å². The molecule has 1 aromatic heterocycles. The van der Waals surface area contributed by atoms with Gasteiger partial charge in [0.25, 0.3) is 11.8 Å². The Morgan fingerprint density at radius 3 is 2.45 bits per heavy atom. The lowest BCUT2D eigenvalue weighted by Gasteiger charge is -2.11. The van der Waals surface area contributed by atoms with Crippen molar-refractivity contribution in [1.82, 2.24) is 9.88 Å². The molecule has 2 aromatic rings. The summed E-state index contributed by atoms with van der Waals surface area (Å²) in [6.07, 6.45) is 1.40. The van der Waals surface area contributed by atoms with Gasteiger partial charge in [0.2, 0.25) is 0 Å². The van der Waals surface area contributed by atoms with E-state index in [2.05, 4.69) is 4.98 Å². The molecule has 0 fully saturated rings. The van der Waals surface area contributed by atoms with Gasteiger partial charge in [-0.05, 0) is 19.1 Å². The van der Waals surface area contributed by atoms with Crippen LogP contribution in [0.2, 0.25) is 0 Å². The summed E-state index contributed by atoms with van der Waals surface area (Å²) in [6, 6.07) is 6.69. The van der Waals surface area contributed by atoms with E-state index in [0.29, 0.717) is 21.0 Å².